The molecule has 10 aromatic rings. The lowest BCUT2D eigenvalue weighted by Gasteiger charge is -2.25. The van der Waals surface area contributed by atoms with Crippen molar-refractivity contribution in [3.63, 3.8) is 0 Å². The Morgan fingerprint density at radius 3 is 1.79 bits per heavy atom. The van der Waals surface area contributed by atoms with Crippen LogP contribution in [0.25, 0.3) is 72.0 Å². The summed E-state index contributed by atoms with van der Waals surface area (Å²) in [6, 6.07) is 56.9. The Morgan fingerprint density at radius 1 is 0.423 bits per heavy atom. The van der Waals surface area contributed by atoms with Gasteiger partial charge in [-0.25, -0.2) is 8.78 Å². The zero-order valence-corrected chi connectivity index (χ0v) is 28.0. The number of hydrogen-bond donors (Lipinski definition) is 0. The average Bonchev–Trinajstić information content (AvgIpc) is 3.52. The van der Waals surface area contributed by atoms with Crippen molar-refractivity contribution in [2.24, 2.45) is 0 Å². The van der Waals surface area contributed by atoms with Gasteiger partial charge in [0.15, 0.2) is 0 Å². The van der Waals surface area contributed by atoms with Gasteiger partial charge in [0.25, 0.3) is 0 Å². The monoisotopic (exact) mass is 672 g/mol. The molecule has 0 unspecified atom stereocenters. The zero-order chi connectivity index (χ0) is 34.8. The average molecular weight is 673 g/mol. The van der Waals surface area contributed by atoms with E-state index in [9.17, 15) is 8.78 Å². The van der Waals surface area contributed by atoms with Crippen molar-refractivity contribution >= 4 is 83.3 Å². The number of nitrogens with zero attached hydrogens (tertiary/aromatic N) is 2. The Balaban J connectivity index is 1.03. The number of anilines is 3. The summed E-state index contributed by atoms with van der Waals surface area (Å²) in [4.78, 5) is 2.29. The van der Waals surface area contributed by atoms with E-state index in [4.69, 9.17) is 0 Å². The lowest BCUT2D eigenvalue weighted by Crippen LogP contribution is -2.09. The summed E-state index contributed by atoms with van der Waals surface area (Å²) in [7, 11) is 0. The molecule has 0 saturated carbocycles. The number of para-hydroxylation sites is 2. The molecule has 0 aliphatic carbocycles. The molecular formula is C48H30F2N2. The summed E-state index contributed by atoms with van der Waals surface area (Å²) >= 11 is 0. The van der Waals surface area contributed by atoms with Crippen molar-refractivity contribution in [1.82, 2.24) is 4.57 Å². The molecule has 10 rings (SSSR count). The minimum absolute atomic E-state index is 0.468. The van der Waals surface area contributed by atoms with E-state index in [1.165, 1.54) is 33.7 Å². The summed E-state index contributed by atoms with van der Waals surface area (Å²) in [5, 5.41) is 9.14. The molecule has 1 heterocycles. The topological polar surface area (TPSA) is 8.17 Å². The molecular weight excluding hydrogens is 643 g/mol. The highest BCUT2D eigenvalue weighted by atomic mass is 19.1. The Labute approximate surface area is 299 Å². The third-order valence-electron chi connectivity index (χ3n) is 10.2. The molecule has 0 bridgehead atoms. The maximum atomic E-state index is 14.4. The molecule has 246 valence electrons. The Morgan fingerprint density at radius 2 is 1.06 bits per heavy atom. The predicted molar refractivity (Wildman–Crippen MR) is 214 cm³/mol. The quantitative estimate of drug-likeness (QED) is 0.126. The Hall–Kier alpha value is -6.78. The lowest BCUT2D eigenvalue weighted by atomic mass is 9.97. The molecule has 0 spiro atoms. The number of benzene rings is 9. The third-order valence-corrected chi connectivity index (χ3v) is 10.2. The summed E-state index contributed by atoms with van der Waals surface area (Å²) in [5.41, 5.74) is 7.83. The van der Waals surface area contributed by atoms with E-state index >= 15 is 0 Å². The molecule has 2 nitrogen and oxygen atoms in total. The first-order chi connectivity index (χ1) is 25.6. The van der Waals surface area contributed by atoms with Gasteiger partial charge in [-0.15, -0.1) is 0 Å². The van der Waals surface area contributed by atoms with Gasteiger partial charge < -0.3 is 9.47 Å². The second-order valence-corrected chi connectivity index (χ2v) is 13.3. The highest BCUT2D eigenvalue weighted by molar-refractivity contribution is 6.25. The SMILES string of the molecule is Fc1cc(F)cc(-n2c3cccc4ccc5c(C=Cc6ccc7c(ccc8cc(N(c9ccccc9)c9ccccc9)ccc87)c6)ccc2c5c43)c1. The predicted octanol–water partition coefficient (Wildman–Crippen LogP) is 13.6. The standard InChI is InChI=1S/C48H30F2N2/c49-36-28-37(50)30-41(29-36)52-45-13-7-8-33-19-23-44-32(20-25-46(52)48(44)47(33)45)16-14-31-15-22-42-34(26-31)17-18-35-27-40(21-24-43(35)42)51(38-9-3-1-4-10-38)39-11-5-2-6-12-39/h1-30H. The van der Waals surface area contributed by atoms with Gasteiger partial charge in [-0.2, -0.15) is 0 Å². The van der Waals surface area contributed by atoms with Crippen LogP contribution in [0.15, 0.2) is 170 Å². The molecule has 52 heavy (non-hydrogen) atoms. The van der Waals surface area contributed by atoms with Crippen molar-refractivity contribution in [3.05, 3.63) is 193 Å². The van der Waals surface area contributed by atoms with Crippen LogP contribution in [0, 0.1) is 11.6 Å². The fourth-order valence-electron chi connectivity index (χ4n) is 7.91. The molecule has 9 aromatic carbocycles. The maximum absolute atomic E-state index is 14.4. The second-order valence-electron chi connectivity index (χ2n) is 13.3. The van der Waals surface area contributed by atoms with E-state index in [2.05, 4.69) is 144 Å². The lowest BCUT2D eigenvalue weighted by molar-refractivity contribution is 0.582. The van der Waals surface area contributed by atoms with Crippen LogP contribution in [0.3, 0.4) is 0 Å². The first-order valence-electron chi connectivity index (χ1n) is 17.4. The van der Waals surface area contributed by atoms with Gasteiger partial charge in [0, 0.05) is 33.9 Å². The van der Waals surface area contributed by atoms with Gasteiger partial charge in [-0.05, 0) is 110 Å². The van der Waals surface area contributed by atoms with Gasteiger partial charge in [0.2, 0.25) is 0 Å². The normalized spacial score (nSPS) is 12.0. The molecule has 0 aliphatic rings. The molecule has 0 saturated heterocycles. The molecule has 0 N–H and O–H groups in total. The van der Waals surface area contributed by atoms with E-state index < -0.39 is 11.6 Å². The molecule has 0 aliphatic heterocycles. The summed E-state index contributed by atoms with van der Waals surface area (Å²) in [5.74, 6) is -1.19. The van der Waals surface area contributed by atoms with Crippen molar-refractivity contribution in [2.45, 2.75) is 0 Å². The van der Waals surface area contributed by atoms with E-state index in [-0.39, 0.29) is 0 Å². The highest BCUT2D eigenvalue weighted by Gasteiger charge is 2.19. The van der Waals surface area contributed by atoms with Crippen LogP contribution in [0.2, 0.25) is 0 Å². The van der Waals surface area contributed by atoms with Gasteiger partial charge in [-0.3, -0.25) is 0 Å². The minimum atomic E-state index is -0.597. The summed E-state index contributed by atoms with van der Waals surface area (Å²) in [6.07, 6.45) is 4.32. The molecule has 0 atom stereocenters. The molecule has 4 heteroatoms. The van der Waals surface area contributed by atoms with Crippen molar-refractivity contribution < 1.29 is 8.78 Å². The largest absolute Gasteiger partial charge is 0.310 e. The fourth-order valence-corrected chi connectivity index (χ4v) is 7.91. The third kappa shape index (κ3) is 4.91. The molecule has 0 fully saturated rings. The number of hydrogen-bond acceptors (Lipinski definition) is 1. The smallest absolute Gasteiger partial charge is 0.128 e. The first-order valence-corrected chi connectivity index (χ1v) is 17.4. The summed E-state index contributed by atoms with van der Waals surface area (Å²) in [6.45, 7) is 0. The van der Waals surface area contributed by atoms with Gasteiger partial charge in [0.1, 0.15) is 11.6 Å². The number of aromatic nitrogens is 1. The maximum Gasteiger partial charge on any atom is 0.128 e. The Bertz CT molecular complexity index is 2920. The minimum Gasteiger partial charge on any atom is -0.310 e. The molecule has 0 amide bonds. The second kappa shape index (κ2) is 11.9. The summed E-state index contributed by atoms with van der Waals surface area (Å²) < 4.78 is 30.7. The van der Waals surface area contributed by atoms with E-state index in [1.807, 2.05) is 28.8 Å². The van der Waals surface area contributed by atoms with E-state index in [1.54, 1.807) is 0 Å². The number of rotatable bonds is 6. The highest BCUT2D eigenvalue weighted by Crippen LogP contribution is 2.41. The van der Waals surface area contributed by atoms with Crippen LogP contribution < -0.4 is 4.90 Å². The fraction of sp³-hybridized carbons (Fsp3) is 0. The molecule has 0 radical (unpaired) electrons. The van der Waals surface area contributed by atoms with Crippen LogP contribution >= 0.6 is 0 Å². The van der Waals surface area contributed by atoms with Gasteiger partial charge >= 0.3 is 0 Å². The van der Waals surface area contributed by atoms with Crippen molar-refractivity contribution in [3.8, 4) is 5.69 Å². The van der Waals surface area contributed by atoms with E-state index in [0.717, 1.165) is 66.8 Å². The van der Waals surface area contributed by atoms with Crippen LogP contribution in [-0.2, 0) is 0 Å². The van der Waals surface area contributed by atoms with Crippen LogP contribution in [-0.4, -0.2) is 4.57 Å². The molecule has 1 aromatic heterocycles. The Kier molecular flexibility index (Phi) is 6.90. The van der Waals surface area contributed by atoms with Gasteiger partial charge in [0.05, 0.1) is 16.7 Å². The number of fused-ring (bicyclic) bond motifs is 3. The van der Waals surface area contributed by atoms with Gasteiger partial charge in [-0.1, -0.05) is 109 Å². The first kappa shape index (κ1) is 30.1. The van der Waals surface area contributed by atoms with Crippen LogP contribution in [0.5, 0.6) is 0 Å². The van der Waals surface area contributed by atoms with Crippen LogP contribution in [0.1, 0.15) is 11.1 Å². The number of halogens is 2. The van der Waals surface area contributed by atoms with E-state index in [0.29, 0.717) is 5.69 Å². The van der Waals surface area contributed by atoms with Crippen LogP contribution in [0.4, 0.5) is 25.8 Å². The van der Waals surface area contributed by atoms with Crippen molar-refractivity contribution in [1.29, 1.82) is 0 Å². The zero-order valence-electron chi connectivity index (χ0n) is 28.0. The van der Waals surface area contributed by atoms with Crippen molar-refractivity contribution in [2.75, 3.05) is 4.90 Å².